The van der Waals surface area contributed by atoms with Crippen molar-refractivity contribution in [3.05, 3.63) is 114 Å². The SMILES string of the molecule is O=C(Nc1ccccc1-c1ccc(C(F)(F)F)cc1)C1CCN(CCCCC2(C(=O)NCC(F)(F)F)c3ccccc3-c3ccccc32)CC1. The Morgan fingerprint density at radius 1 is 0.720 bits per heavy atom. The molecule has 2 N–H and O–H groups in total. The number of halogens is 6. The lowest BCUT2D eigenvalue weighted by Gasteiger charge is -2.33. The molecule has 0 radical (unpaired) electrons. The molecule has 2 aliphatic rings. The van der Waals surface area contributed by atoms with Crippen molar-refractivity contribution in [3.63, 3.8) is 0 Å². The Morgan fingerprint density at radius 3 is 1.86 bits per heavy atom. The number of hydrogen-bond acceptors (Lipinski definition) is 3. The number of hydrogen-bond donors (Lipinski definition) is 2. The number of anilines is 1. The Morgan fingerprint density at radius 2 is 1.28 bits per heavy atom. The lowest BCUT2D eigenvalue weighted by atomic mass is 9.73. The summed E-state index contributed by atoms with van der Waals surface area (Å²) in [5.41, 5.74) is 2.88. The van der Waals surface area contributed by atoms with Crippen LogP contribution in [0.3, 0.4) is 0 Å². The average Bonchev–Trinajstić information content (AvgIpc) is 3.39. The molecule has 4 aromatic carbocycles. The Labute approximate surface area is 286 Å². The molecule has 6 rings (SSSR count). The largest absolute Gasteiger partial charge is 0.416 e. The van der Waals surface area contributed by atoms with Crippen LogP contribution in [-0.2, 0) is 21.2 Å². The number of piperidine rings is 1. The van der Waals surface area contributed by atoms with Gasteiger partial charge in [-0.2, -0.15) is 26.3 Å². The summed E-state index contributed by atoms with van der Waals surface area (Å²) >= 11 is 0. The van der Waals surface area contributed by atoms with Gasteiger partial charge in [-0.15, -0.1) is 0 Å². The van der Waals surface area contributed by atoms with Gasteiger partial charge in [0.15, 0.2) is 0 Å². The number of likely N-dealkylation sites (tertiary alicyclic amines) is 1. The minimum absolute atomic E-state index is 0.144. The first kappa shape index (κ1) is 35.2. The fourth-order valence-corrected chi connectivity index (χ4v) is 7.35. The van der Waals surface area contributed by atoms with Crippen molar-refractivity contribution in [2.24, 2.45) is 5.92 Å². The fourth-order valence-electron chi connectivity index (χ4n) is 7.35. The van der Waals surface area contributed by atoms with Crippen LogP contribution in [0, 0.1) is 5.92 Å². The van der Waals surface area contributed by atoms with E-state index in [9.17, 15) is 35.9 Å². The van der Waals surface area contributed by atoms with Gasteiger partial charge in [0, 0.05) is 17.2 Å². The number of fused-ring (bicyclic) bond motifs is 3. The third kappa shape index (κ3) is 7.43. The molecule has 50 heavy (non-hydrogen) atoms. The molecule has 11 heteroatoms. The lowest BCUT2D eigenvalue weighted by molar-refractivity contribution is -0.141. The molecule has 0 spiro atoms. The number of carbonyl (C=O) groups excluding carboxylic acids is 2. The highest BCUT2D eigenvalue weighted by atomic mass is 19.4. The minimum Gasteiger partial charge on any atom is -0.346 e. The van der Waals surface area contributed by atoms with Crippen LogP contribution in [0.2, 0.25) is 0 Å². The molecule has 1 heterocycles. The highest BCUT2D eigenvalue weighted by Gasteiger charge is 2.49. The summed E-state index contributed by atoms with van der Waals surface area (Å²) < 4.78 is 78.7. The number of unbranched alkanes of at least 4 members (excludes halogenated alkanes) is 1. The number of nitrogens with one attached hydrogen (secondary N) is 2. The quantitative estimate of drug-likeness (QED) is 0.129. The highest BCUT2D eigenvalue weighted by molar-refractivity contribution is 6.00. The van der Waals surface area contributed by atoms with Crippen LogP contribution >= 0.6 is 0 Å². The molecule has 0 aromatic heterocycles. The van der Waals surface area contributed by atoms with Crippen LogP contribution in [0.4, 0.5) is 32.0 Å². The van der Waals surface area contributed by atoms with Gasteiger partial charge < -0.3 is 15.5 Å². The first-order valence-corrected chi connectivity index (χ1v) is 16.7. The minimum atomic E-state index is -4.53. The van der Waals surface area contributed by atoms with E-state index in [0.717, 1.165) is 29.7 Å². The summed E-state index contributed by atoms with van der Waals surface area (Å²) in [6.45, 7) is 0.679. The molecule has 2 amide bonds. The van der Waals surface area contributed by atoms with Gasteiger partial charge in [0.25, 0.3) is 0 Å². The van der Waals surface area contributed by atoms with Gasteiger partial charge in [-0.1, -0.05) is 85.3 Å². The molecular formula is C39H37F6N3O2. The first-order chi connectivity index (χ1) is 23.9. The maximum atomic E-state index is 13.7. The molecule has 0 saturated carbocycles. The zero-order chi connectivity index (χ0) is 35.5. The zero-order valence-electron chi connectivity index (χ0n) is 27.2. The van der Waals surface area contributed by atoms with E-state index >= 15 is 0 Å². The van der Waals surface area contributed by atoms with Crippen molar-refractivity contribution in [1.29, 1.82) is 0 Å². The van der Waals surface area contributed by atoms with Crippen molar-refractivity contribution in [2.45, 2.75) is 49.9 Å². The molecule has 5 nitrogen and oxygen atoms in total. The topological polar surface area (TPSA) is 61.4 Å². The number of carbonyl (C=O) groups is 2. The molecular weight excluding hydrogens is 656 g/mol. The van der Waals surface area contributed by atoms with E-state index in [0.29, 0.717) is 73.3 Å². The standard InChI is InChI=1S/C39H37F6N3O2/c40-38(41,42)25-46-36(50)37(32-12-4-1-10-30(32)31-11-2-5-13-33(31)37)21-7-8-22-48-23-19-27(20-24-48)35(49)47-34-14-6-3-9-29(34)26-15-17-28(18-16-26)39(43,44)45/h1-6,9-18,27H,7-8,19-25H2,(H,46,50)(H,47,49). The summed E-state index contributed by atoms with van der Waals surface area (Å²) in [6, 6.07) is 26.7. The molecule has 0 atom stereocenters. The van der Waals surface area contributed by atoms with Crippen LogP contribution in [0.15, 0.2) is 97.1 Å². The predicted molar refractivity (Wildman–Crippen MR) is 180 cm³/mol. The van der Waals surface area contributed by atoms with E-state index in [4.69, 9.17) is 0 Å². The molecule has 262 valence electrons. The van der Waals surface area contributed by atoms with Crippen LogP contribution < -0.4 is 10.6 Å². The smallest absolute Gasteiger partial charge is 0.346 e. The number of rotatable bonds is 10. The monoisotopic (exact) mass is 693 g/mol. The summed E-state index contributed by atoms with van der Waals surface area (Å²) in [7, 11) is 0. The van der Waals surface area contributed by atoms with Crippen LogP contribution in [0.1, 0.15) is 48.8 Å². The van der Waals surface area contributed by atoms with E-state index in [1.807, 2.05) is 48.5 Å². The second-order valence-electron chi connectivity index (χ2n) is 13.0. The van der Waals surface area contributed by atoms with Crippen molar-refractivity contribution in [3.8, 4) is 22.3 Å². The van der Waals surface area contributed by atoms with Crippen molar-refractivity contribution < 1.29 is 35.9 Å². The van der Waals surface area contributed by atoms with Gasteiger partial charge >= 0.3 is 12.4 Å². The Kier molecular flexibility index (Phi) is 10.1. The van der Waals surface area contributed by atoms with E-state index in [1.165, 1.54) is 12.1 Å². The number of alkyl halides is 6. The maximum Gasteiger partial charge on any atom is 0.416 e. The van der Waals surface area contributed by atoms with E-state index in [1.54, 1.807) is 24.3 Å². The Bertz CT molecular complexity index is 1780. The molecule has 0 unspecified atom stereocenters. The van der Waals surface area contributed by atoms with Gasteiger partial charge in [-0.25, -0.2) is 0 Å². The maximum absolute atomic E-state index is 13.7. The number of amides is 2. The van der Waals surface area contributed by atoms with E-state index in [-0.39, 0.29) is 11.8 Å². The molecule has 1 aliphatic carbocycles. The van der Waals surface area contributed by atoms with Gasteiger partial charge in [0.05, 0.1) is 5.56 Å². The van der Waals surface area contributed by atoms with Crippen molar-refractivity contribution in [1.82, 2.24) is 10.2 Å². The average molecular weight is 694 g/mol. The predicted octanol–water partition coefficient (Wildman–Crippen LogP) is 8.84. The van der Waals surface area contributed by atoms with Crippen molar-refractivity contribution >= 4 is 17.5 Å². The molecule has 1 fully saturated rings. The van der Waals surface area contributed by atoms with Crippen LogP contribution in [0.5, 0.6) is 0 Å². The summed E-state index contributed by atoms with van der Waals surface area (Å²) in [4.78, 5) is 29.3. The molecule has 1 aliphatic heterocycles. The van der Waals surface area contributed by atoms with Gasteiger partial charge in [0.2, 0.25) is 11.8 Å². The number of nitrogens with zero attached hydrogens (tertiary/aromatic N) is 1. The van der Waals surface area contributed by atoms with Gasteiger partial charge in [0.1, 0.15) is 12.0 Å². The van der Waals surface area contributed by atoms with Gasteiger partial charge in [-0.3, -0.25) is 9.59 Å². The molecule has 4 aromatic rings. The lowest BCUT2D eigenvalue weighted by Crippen LogP contribution is -2.47. The van der Waals surface area contributed by atoms with Gasteiger partial charge in [-0.05, 0) is 91.3 Å². The van der Waals surface area contributed by atoms with E-state index in [2.05, 4.69) is 15.5 Å². The second-order valence-corrected chi connectivity index (χ2v) is 13.0. The first-order valence-electron chi connectivity index (χ1n) is 16.7. The molecule has 1 saturated heterocycles. The van der Waals surface area contributed by atoms with Crippen molar-refractivity contribution in [2.75, 3.05) is 31.5 Å². The Balaban J connectivity index is 1.05. The molecule has 0 bridgehead atoms. The highest BCUT2D eigenvalue weighted by Crippen LogP contribution is 2.51. The van der Waals surface area contributed by atoms with Crippen LogP contribution in [-0.4, -0.2) is 49.1 Å². The zero-order valence-corrected chi connectivity index (χ0v) is 27.2. The van der Waals surface area contributed by atoms with Crippen LogP contribution in [0.25, 0.3) is 22.3 Å². The summed E-state index contributed by atoms with van der Waals surface area (Å²) in [5, 5.41) is 5.16. The third-order valence-corrected chi connectivity index (χ3v) is 9.84. The second kappa shape index (κ2) is 14.3. The summed E-state index contributed by atoms with van der Waals surface area (Å²) in [5.74, 6) is -1.03. The third-order valence-electron chi connectivity index (χ3n) is 9.84. The summed E-state index contributed by atoms with van der Waals surface area (Å²) in [6.07, 6.45) is -6.06. The normalized spacial score (nSPS) is 16.0. The fraction of sp³-hybridized carbons (Fsp3) is 0.333. The number of para-hydroxylation sites is 1. The van der Waals surface area contributed by atoms with E-state index < -0.39 is 35.8 Å². The Hall–Kier alpha value is -4.64. The number of benzene rings is 4.